The largest absolute Gasteiger partial charge is 0.377 e. The van der Waals surface area contributed by atoms with E-state index in [9.17, 15) is 4.79 Å². The van der Waals surface area contributed by atoms with E-state index in [1.54, 1.807) is 42.3 Å². The van der Waals surface area contributed by atoms with Gasteiger partial charge in [-0.3, -0.25) is 4.79 Å². The summed E-state index contributed by atoms with van der Waals surface area (Å²) in [4.78, 5) is 26.4. The summed E-state index contributed by atoms with van der Waals surface area (Å²) in [5.74, 6) is 1.36. The van der Waals surface area contributed by atoms with Gasteiger partial charge in [0.15, 0.2) is 11.5 Å². The first-order valence-electron chi connectivity index (χ1n) is 10.8. The average Bonchev–Trinajstić information content (AvgIpc) is 3.28. The van der Waals surface area contributed by atoms with Crippen LogP contribution in [0.5, 0.6) is 0 Å². The molecule has 0 bridgehead atoms. The fourth-order valence-electron chi connectivity index (χ4n) is 4.04. The fraction of sp³-hybridized carbons (Fsp3) is 0.250. The van der Waals surface area contributed by atoms with Crippen molar-refractivity contribution in [1.82, 2.24) is 24.6 Å². The molecule has 2 aromatic carbocycles. The highest BCUT2D eigenvalue weighted by Crippen LogP contribution is 2.27. The van der Waals surface area contributed by atoms with Crippen LogP contribution in [0, 0.1) is 0 Å². The number of aromatic nitrogens is 4. The lowest BCUT2D eigenvalue weighted by Gasteiger charge is -2.35. The van der Waals surface area contributed by atoms with E-state index >= 15 is 0 Å². The third kappa shape index (κ3) is 4.44. The van der Waals surface area contributed by atoms with Gasteiger partial charge in [0.1, 0.15) is 12.4 Å². The lowest BCUT2D eigenvalue weighted by Crippen LogP contribution is -2.49. The smallest absolute Gasteiger partial charge is 0.253 e. The number of nitrogens with zero attached hydrogens (tertiary/aromatic N) is 6. The normalized spacial score (nSPS) is 14.1. The number of fused-ring (bicyclic) bond motifs is 1. The van der Waals surface area contributed by atoms with Crippen molar-refractivity contribution in [3.63, 3.8) is 0 Å². The van der Waals surface area contributed by atoms with Crippen molar-refractivity contribution in [3.05, 3.63) is 76.2 Å². The first-order chi connectivity index (χ1) is 16.5. The van der Waals surface area contributed by atoms with Crippen molar-refractivity contribution in [1.29, 1.82) is 0 Å². The lowest BCUT2D eigenvalue weighted by molar-refractivity contribution is 0.0746. The van der Waals surface area contributed by atoms with Crippen LogP contribution in [0.1, 0.15) is 16.2 Å². The molecule has 1 amide bonds. The molecule has 8 nitrogen and oxygen atoms in total. The second-order valence-corrected chi connectivity index (χ2v) is 8.83. The topological polar surface area (TPSA) is 76.4 Å². The van der Waals surface area contributed by atoms with Gasteiger partial charge in [0.05, 0.1) is 17.3 Å². The third-order valence-electron chi connectivity index (χ3n) is 5.76. The lowest BCUT2D eigenvalue weighted by atomic mass is 10.2. The Kier molecular flexibility index (Phi) is 6.36. The monoisotopic (exact) mass is 496 g/mol. The Morgan fingerprint density at radius 3 is 2.24 bits per heavy atom. The molecule has 0 spiro atoms. The van der Waals surface area contributed by atoms with Crippen LogP contribution in [0.2, 0.25) is 10.0 Å². The maximum Gasteiger partial charge on any atom is 0.253 e. The van der Waals surface area contributed by atoms with Crippen molar-refractivity contribution < 1.29 is 9.53 Å². The second-order valence-electron chi connectivity index (χ2n) is 7.95. The SMILES string of the molecule is COCc1nc(N2CCN(C(=O)c3ccc(Cl)cc3)CC2)c2cnn(-c3ccc(Cl)cc3)c2n1. The highest BCUT2D eigenvalue weighted by atomic mass is 35.5. The molecule has 0 unspecified atom stereocenters. The molecule has 1 fully saturated rings. The van der Waals surface area contributed by atoms with Gasteiger partial charge in [-0.2, -0.15) is 5.10 Å². The van der Waals surface area contributed by atoms with Crippen molar-refractivity contribution in [3.8, 4) is 5.69 Å². The first-order valence-corrected chi connectivity index (χ1v) is 11.6. The summed E-state index contributed by atoms with van der Waals surface area (Å²) < 4.78 is 7.08. The summed E-state index contributed by atoms with van der Waals surface area (Å²) in [6, 6.07) is 14.4. The molecule has 10 heteroatoms. The van der Waals surface area contributed by atoms with Crippen molar-refractivity contribution in [2.75, 3.05) is 38.2 Å². The van der Waals surface area contributed by atoms with E-state index in [-0.39, 0.29) is 12.5 Å². The quantitative estimate of drug-likeness (QED) is 0.411. The van der Waals surface area contributed by atoms with Gasteiger partial charge in [0.25, 0.3) is 5.91 Å². The molecule has 3 heterocycles. The Balaban J connectivity index is 1.42. The van der Waals surface area contributed by atoms with Gasteiger partial charge in [-0.15, -0.1) is 0 Å². The van der Waals surface area contributed by atoms with Crippen LogP contribution in [0.4, 0.5) is 5.82 Å². The van der Waals surface area contributed by atoms with Gasteiger partial charge < -0.3 is 14.5 Å². The highest BCUT2D eigenvalue weighted by molar-refractivity contribution is 6.30. The number of carbonyl (C=O) groups is 1. The zero-order valence-electron chi connectivity index (χ0n) is 18.5. The molecule has 5 rings (SSSR count). The maximum atomic E-state index is 12.9. The van der Waals surface area contributed by atoms with E-state index in [0.717, 1.165) is 16.9 Å². The molecule has 0 radical (unpaired) electrons. The van der Waals surface area contributed by atoms with E-state index in [1.165, 1.54) is 0 Å². The predicted octanol–water partition coefficient (Wildman–Crippen LogP) is 4.23. The van der Waals surface area contributed by atoms with Crippen LogP contribution in [0.15, 0.2) is 54.7 Å². The maximum absolute atomic E-state index is 12.9. The minimum atomic E-state index is -0.000203. The van der Waals surface area contributed by atoms with Gasteiger partial charge in [-0.1, -0.05) is 23.2 Å². The molecule has 1 saturated heterocycles. The number of methoxy groups -OCH3 is 1. The van der Waals surface area contributed by atoms with Crippen LogP contribution in [0.25, 0.3) is 16.7 Å². The molecule has 174 valence electrons. The van der Waals surface area contributed by atoms with E-state index in [2.05, 4.69) is 10.00 Å². The van der Waals surface area contributed by atoms with Crippen LogP contribution in [-0.2, 0) is 11.3 Å². The summed E-state index contributed by atoms with van der Waals surface area (Å²) in [7, 11) is 1.62. The molecule has 0 atom stereocenters. The number of anilines is 1. The van der Waals surface area contributed by atoms with Crippen LogP contribution in [-0.4, -0.2) is 63.8 Å². The molecular formula is C24H22Cl2N6O2. The highest BCUT2D eigenvalue weighted by Gasteiger charge is 2.25. The van der Waals surface area contributed by atoms with E-state index in [1.807, 2.05) is 29.2 Å². The van der Waals surface area contributed by atoms with Crippen LogP contribution >= 0.6 is 23.2 Å². The number of hydrogen-bond donors (Lipinski definition) is 0. The molecule has 0 saturated carbocycles. The number of ether oxygens (including phenoxy) is 1. The Morgan fingerprint density at radius 2 is 1.59 bits per heavy atom. The number of rotatable bonds is 5. The van der Waals surface area contributed by atoms with Crippen molar-refractivity contribution in [2.45, 2.75) is 6.61 Å². The zero-order valence-corrected chi connectivity index (χ0v) is 20.0. The second kappa shape index (κ2) is 9.58. The first kappa shape index (κ1) is 22.6. The fourth-order valence-corrected chi connectivity index (χ4v) is 4.29. The Morgan fingerprint density at radius 1 is 0.941 bits per heavy atom. The van der Waals surface area contributed by atoms with Gasteiger partial charge in [-0.25, -0.2) is 14.6 Å². The van der Waals surface area contributed by atoms with E-state index in [0.29, 0.717) is 53.3 Å². The van der Waals surface area contributed by atoms with Crippen molar-refractivity contribution >= 4 is 46.0 Å². The molecule has 34 heavy (non-hydrogen) atoms. The molecular weight excluding hydrogens is 475 g/mol. The van der Waals surface area contributed by atoms with E-state index in [4.69, 9.17) is 37.9 Å². The van der Waals surface area contributed by atoms with Gasteiger partial charge >= 0.3 is 0 Å². The number of piperazine rings is 1. The zero-order chi connectivity index (χ0) is 23.7. The number of carbonyl (C=O) groups excluding carboxylic acids is 1. The molecule has 0 aliphatic carbocycles. The Labute approximate surface area is 206 Å². The summed E-state index contributed by atoms with van der Waals surface area (Å²) in [6.45, 7) is 2.73. The minimum absolute atomic E-state index is 0.000203. The van der Waals surface area contributed by atoms with Gasteiger partial charge in [0, 0.05) is 48.9 Å². The Bertz CT molecular complexity index is 1320. The predicted molar refractivity (Wildman–Crippen MR) is 132 cm³/mol. The number of halogens is 2. The van der Waals surface area contributed by atoms with Crippen LogP contribution in [0.3, 0.4) is 0 Å². The number of amides is 1. The standard InChI is InChI=1S/C24H22Cl2N6O2/c1-34-15-21-28-22(20-14-27-32(23(20)29-21)19-8-6-18(26)7-9-19)30-10-12-31(13-11-30)24(33)16-2-4-17(25)5-3-16/h2-9,14H,10-13,15H2,1H3. The molecule has 2 aromatic heterocycles. The third-order valence-corrected chi connectivity index (χ3v) is 6.26. The molecule has 4 aromatic rings. The summed E-state index contributed by atoms with van der Waals surface area (Å²) in [6.07, 6.45) is 1.78. The van der Waals surface area contributed by atoms with Gasteiger partial charge in [-0.05, 0) is 48.5 Å². The van der Waals surface area contributed by atoms with Crippen molar-refractivity contribution in [2.24, 2.45) is 0 Å². The summed E-state index contributed by atoms with van der Waals surface area (Å²) in [5.41, 5.74) is 2.18. The molecule has 0 N–H and O–H groups in total. The summed E-state index contributed by atoms with van der Waals surface area (Å²) in [5, 5.41) is 6.68. The number of hydrogen-bond acceptors (Lipinski definition) is 6. The molecule has 1 aliphatic heterocycles. The van der Waals surface area contributed by atoms with E-state index < -0.39 is 0 Å². The average molecular weight is 497 g/mol. The minimum Gasteiger partial charge on any atom is -0.377 e. The van der Waals surface area contributed by atoms with Crippen LogP contribution < -0.4 is 4.90 Å². The molecule has 1 aliphatic rings. The number of benzene rings is 2. The summed E-state index contributed by atoms with van der Waals surface area (Å²) >= 11 is 12.0. The Hall–Kier alpha value is -3.20. The van der Waals surface area contributed by atoms with Gasteiger partial charge in [0.2, 0.25) is 0 Å².